The number of ether oxygens (including phenoxy) is 6. The molecule has 2 aliphatic carbocycles. The van der Waals surface area contributed by atoms with Gasteiger partial charge in [0.15, 0.2) is 28.9 Å². The van der Waals surface area contributed by atoms with Crippen LogP contribution in [0.3, 0.4) is 0 Å². The molecule has 0 saturated carbocycles. The Balaban J connectivity index is 1.36. The molecule has 0 spiro atoms. The van der Waals surface area contributed by atoms with E-state index in [2.05, 4.69) is 44.3 Å². The van der Waals surface area contributed by atoms with Crippen LogP contribution in [0.2, 0.25) is 0 Å². The van der Waals surface area contributed by atoms with Crippen molar-refractivity contribution in [2.75, 3.05) is 32.8 Å². The van der Waals surface area contributed by atoms with Gasteiger partial charge in [-0.2, -0.15) is 0 Å². The SMILES string of the molecule is COC(=O)NC1C(=O)C[C@H](O)/C(=C/CSC(C)=O)C2=C1C#C/C=C\C#C[C@@H]2OC1OC(C)C(SC)(C(=O)c2[nH]ccc3c2[nH]c2cc(=O)ccc23)C(O)C1OC1CC(OC)C(NC(C)C)CO1. The van der Waals surface area contributed by atoms with Crippen LogP contribution in [0.4, 0.5) is 4.79 Å². The van der Waals surface area contributed by atoms with Gasteiger partial charge in [0.1, 0.15) is 34.8 Å². The lowest BCUT2D eigenvalue weighted by atomic mass is 9.83. The number of allylic oxidation sites excluding steroid dienone is 2. The Hall–Kier alpha value is -5.03. The van der Waals surface area contributed by atoms with Gasteiger partial charge in [-0.3, -0.25) is 19.2 Å². The molecular weight excluding hydrogens is 905 g/mol. The molecule has 11 atom stereocenters. The third kappa shape index (κ3) is 10.4. The van der Waals surface area contributed by atoms with Gasteiger partial charge in [-0.25, -0.2) is 4.79 Å². The minimum absolute atomic E-state index is 0.0284. The quantitative estimate of drug-likeness (QED) is 0.106. The van der Waals surface area contributed by atoms with Gasteiger partial charge in [-0.1, -0.05) is 55.4 Å². The highest BCUT2D eigenvalue weighted by Gasteiger charge is 2.61. The van der Waals surface area contributed by atoms with E-state index in [1.54, 1.807) is 44.7 Å². The first-order valence-electron chi connectivity index (χ1n) is 21.7. The van der Waals surface area contributed by atoms with Gasteiger partial charge < -0.3 is 59.2 Å². The molecule has 0 radical (unpaired) electrons. The number of carbonyl (C=O) groups excluding carboxylic acids is 4. The number of benzene rings is 1. The number of H-pyrrole nitrogens is 2. The van der Waals surface area contributed by atoms with Gasteiger partial charge in [0.05, 0.1) is 49.1 Å². The normalized spacial score (nSPS) is 30.8. The molecule has 4 aliphatic rings. The minimum atomic E-state index is -1.79. The number of thioether (sulfide) groups is 2. The van der Waals surface area contributed by atoms with Crippen LogP contribution in [0.5, 0.6) is 0 Å². The van der Waals surface area contributed by atoms with E-state index >= 15 is 4.79 Å². The first-order chi connectivity index (χ1) is 32.1. The molecule has 9 unspecified atom stereocenters. The maximum Gasteiger partial charge on any atom is 0.407 e. The van der Waals surface area contributed by atoms with E-state index in [1.165, 1.54) is 31.2 Å². The number of rotatable bonds is 13. The Morgan fingerprint density at radius 3 is 2.58 bits per heavy atom. The minimum Gasteiger partial charge on any atom is -0.453 e. The third-order valence-corrected chi connectivity index (χ3v) is 14.3. The average Bonchev–Trinajstić information content (AvgIpc) is 3.67. The van der Waals surface area contributed by atoms with Crippen molar-refractivity contribution in [2.45, 2.75) is 113 Å². The summed E-state index contributed by atoms with van der Waals surface area (Å²) < 4.78 is 35.6. The zero-order valence-corrected chi connectivity index (χ0v) is 39.6. The molecule has 2 aromatic heterocycles. The van der Waals surface area contributed by atoms with E-state index in [9.17, 15) is 29.4 Å². The molecule has 19 heteroatoms. The molecule has 1 amide bonds. The first-order valence-corrected chi connectivity index (χ1v) is 23.9. The maximum absolute atomic E-state index is 15.3. The molecular formula is C48H54N4O13S2. The summed E-state index contributed by atoms with van der Waals surface area (Å²) in [5.41, 5.74) is 1.12. The number of aliphatic hydroxyl groups is 2. The fourth-order valence-electron chi connectivity index (χ4n) is 9.00. The van der Waals surface area contributed by atoms with Crippen molar-refractivity contribution in [1.29, 1.82) is 0 Å². The van der Waals surface area contributed by atoms with Crippen molar-refractivity contribution in [2.24, 2.45) is 0 Å². The van der Waals surface area contributed by atoms with Crippen LogP contribution in [0.1, 0.15) is 51.0 Å². The molecule has 1 aromatic carbocycles. The topological polar surface area (TPSA) is 237 Å². The van der Waals surface area contributed by atoms with Crippen molar-refractivity contribution in [3.63, 3.8) is 0 Å². The number of methoxy groups -OCH3 is 2. The number of aromatic nitrogens is 2. The fourth-order valence-corrected chi connectivity index (χ4v) is 10.5. The predicted molar refractivity (Wildman–Crippen MR) is 252 cm³/mol. The molecule has 0 bridgehead atoms. The lowest BCUT2D eigenvalue weighted by Crippen LogP contribution is -2.68. The number of alkyl carbamates (subject to hydrolysis) is 1. The number of nitrogens with one attached hydrogen (secondary N) is 4. The van der Waals surface area contributed by atoms with Crippen molar-refractivity contribution in [3.05, 3.63) is 81.3 Å². The number of pyridine rings is 1. The number of amides is 1. The van der Waals surface area contributed by atoms with Crippen molar-refractivity contribution < 1.29 is 57.8 Å². The van der Waals surface area contributed by atoms with Crippen molar-refractivity contribution >= 4 is 68.1 Å². The van der Waals surface area contributed by atoms with Crippen LogP contribution in [0, 0.1) is 23.7 Å². The summed E-state index contributed by atoms with van der Waals surface area (Å²) in [6.45, 7) is 7.20. The largest absolute Gasteiger partial charge is 0.453 e. The monoisotopic (exact) mass is 958 g/mol. The zero-order chi connectivity index (χ0) is 48.2. The van der Waals surface area contributed by atoms with Crippen LogP contribution in [-0.2, 0) is 38.0 Å². The maximum atomic E-state index is 15.3. The summed E-state index contributed by atoms with van der Waals surface area (Å²) in [5, 5.41) is 31.9. The number of ketones is 2. The van der Waals surface area contributed by atoms with Gasteiger partial charge in [0.25, 0.3) is 0 Å². The summed E-state index contributed by atoms with van der Waals surface area (Å²) in [4.78, 5) is 72.7. The summed E-state index contributed by atoms with van der Waals surface area (Å²) in [5.74, 6) is 10.7. The smallest absolute Gasteiger partial charge is 0.407 e. The van der Waals surface area contributed by atoms with Gasteiger partial charge >= 0.3 is 6.09 Å². The Kier molecular flexibility index (Phi) is 16.0. The number of hydrogen-bond acceptors (Lipinski definition) is 16. The van der Waals surface area contributed by atoms with Crippen LogP contribution in [0.25, 0.3) is 21.8 Å². The molecule has 2 saturated heterocycles. The number of hydrogen-bond donors (Lipinski definition) is 6. The highest BCUT2D eigenvalue weighted by atomic mass is 32.2. The number of aromatic amines is 2. The number of aliphatic hydroxyl groups excluding tert-OH is 2. The molecule has 17 nitrogen and oxygen atoms in total. The molecule has 6 N–H and O–H groups in total. The first kappa shape index (κ1) is 49.9. The summed E-state index contributed by atoms with van der Waals surface area (Å²) in [7, 11) is 2.72. The second-order valence-corrected chi connectivity index (χ2v) is 18.9. The van der Waals surface area contributed by atoms with E-state index in [-0.39, 0.29) is 69.9 Å². The predicted octanol–water partition coefficient (Wildman–Crippen LogP) is 3.44. The van der Waals surface area contributed by atoms with Gasteiger partial charge in [-0.05, 0) is 49.1 Å². The summed E-state index contributed by atoms with van der Waals surface area (Å²) >= 11 is 2.02. The molecule has 2 fully saturated rings. The van der Waals surface area contributed by atoms with Crippen LogP contribution in [0.15, 0.2) is 70.2 Å². The van der Waals surface area contributed by atoms with E-state index in [4.69, 9.17) is 28.4 Å². The Morgan fingerprint density at radius 2 is 1.87 bits per heavy atom. The highest BCUT2D eigenvalue weighted by Crippen LogP contribution is 2.46. The molecule has 2 aliphatic heterocycles. The van der Waals surface area contributed by atoms with E-state index in [0.29, 0.717) is 16.4 Å². The van der Waals surface area contributed by atoms with E-state index < -0.39 is 78.0 Å². The lowest BCUT2D eigenvalue weighted by Gasteiger charge is -2.51. The molecule has 4 heterocycles. The van der Waals surface area contributed by atoms with Crippen LogP contribution in [-0.4, -0.2) is 148 Å². The summed E-state index contributed by atoms with van der Waals surface area (Å²) in [6.07, 6.45) is -3.60. The third-order valence-electron chi connectivity index (χ3n) is 12.1. The highest BCUT2D eigenvalue weighted by molar-refractivity contribution is 8.13. The van der Waals surface area contributed by atoms with Gasteiger partial charge in [0, 0.05) is 72.9 Å². The summed E-state index contributed by atoms with van der Waals surface area (Å²) in [6, 6.07) is 4.84. The van der Waals surface area contributed by atoms with Gasteiger partial charge in [-0.15, -0.1) is 11.8 Å². The number of fused-ring (bicyclic) bond motifs is 3. The van der Waals surface area contributed by atoms with Crippen LogP contribution < -0.4 is 16.1 Å². The van der Waals surface area contributed by atoms with E-state index in [1.807, 2.05) is 13.8 Å². The Bertz CT molecular complexity index is 2690. The molecule has 7 rings (SSSR count). The second kappa shape index (κ2) is 21.5. The van der Waals surface area contributed by atoms with Crippen molar-refractivity contribution in [3.8, 4) is 23.7 Å². The average molecular weight is 959 g/mol. The second-order valence-electron chi connectivity index (χ2n) is 16.6. The van der Waals surface area contributed by atoms with E-state index in [0.717, 1.165) is 36.0 Å². The molecule has 67 heavy (non-hydrogen) atoms. The standard InChI is InChI=1S/C48H54N4O13S2/c1-24(2)50-33-23-62-38(22-37(33)60-5)65-43-45(58)48(66-7,44(57)42-41-29(16-18-49-42)28-15-14-27(54)20-32(28)51-41)25(3)63-46(43)64-36-13-11-9-8-10-12-31-39(36)30(17-19-67-26(4)53)34(55)21-35(56)40(31)52-47(59)61-6/h8-9,14-18,20,24-25,33-34,36-38,40,43,45-46,49-51,55,58H,19,21-23H2,1-7H3,(H,52,59)/b9-8-,30-17-/t25?,33?,34-,36-,37?,38?,40?,43?,45?,46?,48?/m0/s1. The number of carbonyl (C=O) groups is 4. The fraction of sp³-hybridized carbons (Fsp3) is 0.479. The Labute approximate surface area is 395 Å². The Morgan fingerprint density at radius 1 is 1.09 bits per heavy atom. The van der Waals surface area contributed by atoms with Crippen molar-refractivity contribution in [1.82, 2.24) is 20.6 Å². The number of Topliss-reactive ketones (excluding diaryl/α,β-unsaturated/α-hetero) is 2. The zero-order valence-electron chi connectivity index (χ0n) is 38.0. The van der Waals surface area contributed by atoms with Crippen LogP contribution >= 0.6 is 23.5 Å². The molecule has 3 aromatic rings. The lowest BCUT2D eigenvalue weighted by molar-refractivity contribution is -0.322. The van der Waals surface area contributed by atoms with Gasteiger partial charge in [0.2, 0.25) is 5.78 Å². The molecule has 356 valence electrons.